The van der Waals surface area contributed by atoms with E-state index < -0.39 is 0 Å². The van der Waals surface area contributed by atoms with Crippen molar-refractivity contribution in [2.45, 2.75) is 13.2 Å². The van der Waals surface area contributed by atoms with Crippen molar-refractivity contribution in [1.29, 1.82) is 0 Å². The molecule has 0 atom stereocenters. The smallest absolute Gasteiger partial charge is 0.162 e. The maximum absolute atomic E-state index is 8.87. The minimum atomic E-state index is 0.282. The fourth-order valence-corrected chi connectivity index (χ4v) is 1.79. The molecule has 0 aliphatic carbocycles. The first-order chi connectivity index (χ1) is 7.31. The van der Waals surface area contributed by atoms with E-state index in [0.29, 0.717) is 12.5 Å². The summed E-state index contributed by atoms with van der Waals surface area (Å²) in [4.78, 5) is 2.23. The normalized spacial score (nSPS) is 18.0. The van der Waals surface area contributed by atoms with Crippen LogP contribution in [0.2, 0.25) is 0 Å². The Balaban J connectivity index is 1.79. The van der Waals surface area contributed by atoms with Crippen LogP contribution in [0.3, 0.4) is 0 Å². The molecule has 0 bridgehead atoms. The average molecular weight is 212 g/mol. The van der Waals surface area contributed by atoms with E-state index in [0.717, 1.165) is 31.1 Å². The monoisotopic (exact) mass is 212 g/mol. The molecule has 1 N–H and O–H groups in total. The SMILES string of the molecule is COCc1cc(CN2CC(CO)C2)no1. The minimum absolute atomic E-state index is 0.282. The van der Waals surface area contributed by atoms with Gasteiger partial charge in [-0.1, -0.05) is 5.16 Å². The van der Waals surface area contributed by atoms with Crippen molar-refractivity contribution in [3.05, 3.63) is 17.5 Å². The quantitative estimate of drug-likeness (QED) is 0.758. The molecule has 0 spiro atoms. The summed E-state index contributed by atoms with van der Waals surface area (Å²) in [7, 11) is 1.63. The van der Waals surface area contributed by atoms with Crippen LogP contribution in [0.4, 0.5) is 0 Å². The third-order valence-electron chi connectivity index (χ3n) is 2.57. The molecular formula is C10H16N2O3. The van der Waals surface area contributed by atoms with E-state index in [1.54, 1.807) is 7.11 Å². The molecule has 0 amide bonds. The average Bonchev–Trinajstić information content (AvgIpc) is 2.59. The molecule has 1 aliphatic rings. The zero-order valence-electron chi connectivity index (χ0n) is 8.85. The molecule has 5 heteroatoms. The molecule has 1 aromatic heterocycles. The Morgan fingerprint density at radius 2 is 2.47 bits per heavy atom. The van der Waals surface area contributed by atoms with Gasteiger partial charge in [-0.05, 0) is 0 Å². The number of rotatable bonds is 5. The summed E-state index contributed by atoms with van der Waals surface area (Å²) in [6, 6.07) is 1.91. The van der Waals surface area contributed by atoms with Gasteiger partial charge in [0, 0.05) is 45.3 Å². The molecule has 0 radical (unpaired) electrons. The number of hydrogen-bond acceptors (Lipinski definition) is 5. The van der Waals surface area contributed by atoms with Crippen molar-refractivity contribution in [3.63, 3.8) is 0 Å². The van der Waals surface area contributed by atoms with E-state index in [1.807, 2.05) is 6.07 Å². The van der Waals surface area contributed by atoms with Crippen molar-refractivity contribution < 1.29 is 14.4 Å². The van der Waals surface area contributed by atoms with Crippen LogP contribution in [0.25, 0.3) is 0 Å². The molecule has 1 saturated heterocycles. The summed E-state index contributed by atoms with van der Waals surface area (Å²) in [6.07, 6.45) is 0. The van der Waals surface area contributed by atoms with Crippen LogP contribution in [-0.4, -0.2) is 42.0 Å². The minimum Gasteiger partial charge on any atom is -0.396 e. The number of aliphatic hydroxyl groups excluding tert-OH is 1. The highest BCUT2D eigenvalue weighted by Crippen LogP contribution is 2.17. The van der Waals surface area contributed by atoms with Gasteiger partial charge in [0.25, 0.3) is 0 Å². The standard InChI is InChI=1S/C10H16N2O3/c1-14-7-10-2-9(11-15-10)5-12-3-8(4-12)6-13/h2,8,13H,3-7H2,1H3. The van der Waals surface area contributed by atoms with E-state index in [9.17, 15) is 0 Å². The van der Waals surface area contributed by atoms with Gasteiger partial charge in [0.05, 0.1) is 5.69 Å². The van der Waals surface area contributed by atoms with Crippen LogP contribution in [0, 0.1) is 5.92 Å². The highest BCUT2D eigenvalue weighted by molar-refractivity contribution is 5.05. The number of likely N-dealkylation sites (tertiary alicyclic amines) is 1. The third kappa shape index (κ3) is 2.56. The zero-order valence-corrected chi connectivity index (χ0v) is 8.85. The highest BCUT2D eigenvalue weighted by Gasteiger charge is 2.26. The molecule has 0 aromatic carbocycles. The van der Waals surface area contributed by atoms with Gasteiger partial charge < -0.3 is 14.4 Å². The van der Waals surface area contributed by atoms with Crippen LogP contribution in [-0.2, 0) is 17.9 Å². The van der Waals surface area contributed by atoms with Gasteiger partial charge in [0.1, 0.15) is 6.61 Å². The van der Waals surface area contributed by atoms with E-state index in [4.69, 9.17) is 14.4 Å². The second-order valence-corrected chi connectivity index (χ2v) is 3.96. The first kappa shape index (κ1) is 10.6. The molecule has 15 heavy (non-hydrogen) atoms. The molecule has 1 fully saturated rings. The highest BCUT2D eigenvalue weighted by atomic mass is 16.5. The summed E-state index contributed by atoms with van der Waals surface area (Å²) >= 11 is 0. The summed E-state index contributed by atoms with van der Waals surface area (Å²) in [5.74, 6) is 1.20. The summed E-state index contributed by atoms with van der Waals surface area (Å²) in [5, 5.41) is 12.8. The Morgan fingerprint density at radius 1 is 1.67 bits per heavy atom. The van der Waals surface area contributed by atoms with Crippen LogP contribution in [0.5, 0.6) is 0 Å². The van der Waals surface area contributed by atoms with Crippen molar-refractivity contribution >= 4 is 0 Å². The van der Waals surface area contributed by atoms with Crippen molar-refractivity contribution in [3.8, 4) is 0 Å². The third-order valence-corrected chi connectivity index (χ3v) is 2.57. The van der Waals surface area contributed by atoms with Crippen LogP contribution in [0.1, 0.15) is 11.5 Å². The van der Waals surface area contributed by atoms with Gasteiger partial charge in [-0.25, -0.2) is 0 Å². The predicted molar refractivity (Wildman–Crippen MR) is 53.1 cm³/mol. The molecule has 0 unspecified atom stereocenters. The Kier molecular flexibility index (Phi) is 3.35. The predicted octanol–water partition coefficient (Wildman–Crippen LogP) is 0.245. The lowest BCUT2D eigenvalue weighted by atomic mass is 10.0. The maximum Gasteiger partial charge on any atom is 0.162 e. The lowest BCUT2D eigenvalue weighted by Gasteiger charge is -2.37. The van der Waals surface area contributed by atoms with E-state index in [-0.39, 0.29) is 6.61 Å². The van der Waals surface area contributed by atoms with Crippen molar-refractivity contribution in [2.75, 3.05) is 26.8 Å². The van der Waals surface area contributed by atoms with Gasteiger partial charge in [-0.3, -0.25) is 4.90 Å². The van der Waals surface area contributed by atoms with Crippen LogP contribution >= 0.6 is 0 Å². The fraction of sp³-hybridized carbons (Fsp3) is 0.700. The maximum atomic E-state index is 8.87. The number of nitrogens with zero attached hydrogens (tertiary/aromatic N) is 2. The van der Waals surface area contributed by atoms with Gasteiger partial charge in [0.2, 0.25) is 0 Å². The van der Waals surface area contributed by atoms with Crippen molar-refractivity contribution in [1.82, 2.24) is 10.1 Å². The van der Waals surface area contributed by atoms with Crippen LogP contribution < -0.4 is 0 Å². The van der Waals surface area contributed by atoms with E-state index >= 15 is 0 Å². The zero-order chi connectivity index (χ0) is 10.7. The Bertz CT molecular complexity index is 307. The fourth-order valence-electron chi connectivity index (χ4n) is 1.79. The molecule has 84 valence electrons. The van der Waals surface area contributed by atoms with Gasteiger partial charge in [-0.15, -0.1) is 0 Å². The summed E-state index contributed by atoms with van der Waals surface area (Å²) < 4.78 is 10.0. The topological polar surface area (TPSA) is 58.7 Å². The van der Waals surface area contributed by atoms with E-state index in [2.05, 4.69) is 10.1 Å². The molecule has 1 aromatic rings. The summed E-state index contributed by atoms with van der Waals surface area (Å²) in [6.45, 7) is 3.44. The van der Waals surface area contributed by atoms with Crippen molar-refractivity contribution in [2.24, 2.45) is 5.92 Å². The Labute approximate surface area is 88.6 Å². The molecular weight excluding hydrogens is 196 g/mol. The Hall–Kier alpha value is -0.910. The number of ether oxygens (including phenoxy) is 1. The molecule has 5 nitrogen and oxygen atoms in total. The van der Waals surface area contributed by atoms with E-state index in [1.165, 1.54) is 0 Å². The lowest BCUT2D eigenvalue weighted by molar-refractivity contribution is 0.0462. The summed E-state index contributed by atoms with van der Waals surface area (Å²) in [5.41, 5.74) is 0.929. The van der Waals surface area contributed by atoms with Gasteiger partial charge in [-0.2, -0.15) is 0 Å². The van der Waals surface area contributed by atoms with Gasteiger partial charge in [0.15, 0.2) is 5.76 Å². The number of hydrogen-bond donors (Lipinski definition) is 1. The second kappa shape index (κ2) is 4.74. The molecule has 2 rings (SSSR count). The Morgan fingerprint density at radius 3 is 3.13 bits per heavy atom. The van der Waals surface area contributed by atoms with Gasteiger partial charge >= 0.3 is 0 Å². The first-order valence-electron chi connectivity index (χ1n) is 5.08. The largest absolute Gasteiger partial charge is 0.396 e. The first-order valence-corrected chi connectivity index (χ1v) is 5.08. The lowest BCUT2D eigenvalue weighted by Crippen LogP contribution is -2.47. The molecule has 1 aliphatic heterocycles. The number of methoxy groups -OCH3 is 1. The molecule has 0 saturated carbocycles. The number of aliphatic hydroxyl groups is 1. The van der Waals surface area contributed by atoms with Crippen LogP contribution in [0.15, 0.2) is 10.6 Å². The molecule has 2 heterocycles. The second-order valence-electron chi connectivity index (χ2n) is 3.96. The number of aromatic nitrogens is 1.